The van der Waals surface area contributed by atoms with Crippen LogP contribution in [0, 0.1) is 0 Å². The van der Waals surface area contributed by atoms with E-state index in [0.29, 0.717) is 6.42 Å². The van der Waals surface area contributed by atoms with Crippen LogP contribution >= 0.6 is 0 Å². The average molecular weight is 371 g/mol. The van der Waals surface area contributed by atoms with Crippen molar-refractivity contribution in [2.45, 2.75) is 24.8 Å². The van der Waals surface area contributed by atoms with Gasteiger partial charge in [0.1, 0.15) is 5.82 Å². The second kappa shape index (κ2) is 8.70. The molecule has 1 unspecified atom stereocenters. The summed E-state index contributed by atoms with van der Waals surface area (Å²) in [5.74, 6) is 1.15. The Morgan fingerprint density at radius 3 is 2.21 bits per heavy atom. The molecule has 0 aliphatic carbocycles. The first-order valence-electron chi connectivity index (χ1n) is 9.85. The molecular formula is C24H25N3O. The second-order valence-electron chi connectivity index (χ2n) is 7.27. The van der Waals surface area contributed by atoms with Crippen LogP contribution < -0.4 is 10.2 Å². The molecule has 1 fully saturated rings. The van der Waals surface area contributed by atoms with Gasteiger partial charge in [-0.15, -0.1) is 0 Å². The van der Waals surface area contributed by atoms with Gasteiger partial charge in [0.2, 0.25) is 5.91 Å². The topological polar surface area (TPSA) is 45.2 Å². The van der Waals surface area contributed by atoms with E-state index in [9.17, 15) is 4.79 Å². The predicted molar refractivity (Wildman–Crippen MR) is 112 cm³/mol. The smallest absolute Gasteiger partial charge is 0.221 e. The van der Waals surface area contributed by atoms with Gasteiger partial charge in [0.15, 0.2) is 0 Å². The van der Waals surface area contributed by atoms with E-state index in [1.165, 1.54) is 11.1 Å². The van der Waals surface area contributed by atoms with Crippen LogP contribution in [0.5, 0.6) is 0 Å². The maximum absolute atomic E-state index is 12.9. The highest BCUT2D eigenvalue weighted by atomic mass is 16.1. The fraction of sp³-hybridized carbons (Fsp3) is 0.250. The van der Waals surface area contributed by atoms with E-state index in [1.807, 2.05) is 60.8 Å². The largest absolute Gasteiger partial charge is 0.354 e. The predicted octanol–water partition coefficient (Wildman–Crippen LogP) is 4.00. The summed E-state index contributed by atoms with van der Waals surface area (Å²) in [4.78, 5) is 19.5. The standard InChI is InChI=1S/C24H25N3O/c28-24(26-21-14-16-27(18-21)23-13-7-8-15-25-23)17-22(19-9-3-1-4-10-19)20-11-5-2-6-12-20/h1-13,15,21-22H,14,16-18H2,(H,26,28). The minimum Gasteiger partial charge on any atom is -0.354 e. The molecule has 1 atom stereocenters. The Labute approximate surface area is 166 Å². The fourth-order valence-corrected chi connectivity index (χ4v) is 3.90. The van der Waals surface area contributed by atoms with Crippen molar-refractivity contribution in [3.8, 4) is 0 Å². The number of aromatic nitrogens is 1. The third-order valence-corrected chi connectivity index (χ3v) is 5.32. The van der Waals surface area contributed by atoms with Gasteiger partial charge in [0.25, 0.3) is 0 Å². The summed E-state index contributed by atoms with van der Waals surface area (Å²) in [5, 5.41) is 3.24. The molecule has 4 rings (SSSR count). The van der Waals surface area contributed by atoms with Gasteiger partial charge in [-0.05, 0) is 29.7 Å². The third-order valence-electron chi connectivity index (χ3n) is 5.32. The number of amides is 1. The van der Waals surface area contributed by atoms with Crippen molar-refractivity contribution in [2.24, 2.45) is 0 Å². The van der Waals surface area contributed by atoms with Crippen molar-refractivity contribution in [3.63, 3.8) is 0 Å². The van der Waals surface area contributed by atoms with Crippen LogP contribution in [0.3, 0.4) is 0 Å². The summed E-state index contributed by atoms with van der Waals surface area (Å²) in [6, 6.07) is 26.7. The van der Waals surface area contributed by atoms with Gasteiger partial charge < -0.3 is 10.2 Å². The molecule has 2 aromatic carbocycles. The molecule has 0 saturated carbocycles. The summed E-state index contributed by atoms with van der Waals surface area (Å²) in [6.07, 6.45) is 3.21. The number of nitrogens with zero attached hydrogens (tertiary/aromatic N) is 2. The van der Waals surface area contributed by atoms with E-state index >= 15 is 0 Å². The highest BCUT2D eigenvalue weighted by Gasteiger charge is 2.26. The molecule has 142 valence electrons. The number of hydrogen-bond donors (Lipinski definition) is 1. The molecule has 1 aromatic heterocycles. The summed E-state index contributed by atoms with van der Waals surface area (Å²) in [7, 11) is 0. The zero-order chi connectivity index (χ0) is 19.2. The first-order valence-corrected chi connectivity index (χ1v) is 9.85. The number of carbonyl (C=O) groups is 1. The SMILES string of the molecule is O=C(CC(c1ccccc1)c1ccccc1)NC1CCN(c2ccccn2)C1. The molecule has 0 radical (unpaired) electrons. The van der Waals surface area contributed by atoms with Crippen molar-refractivity contribution in [3.05, 3.63) is 96.2 Å². The zero-order valence-corrected chi connectivity index (χ0v) is 15.9. The van der Waals surface area contributed by atoms with Gasteiger partial charge in [0, 0.05) is 37.7 Å². The molecule has 1 saturated heterocycles. The maximum Gasteiger partial charge on any atom is 0.221 e. The Kier molecular flexibility index (Phi) is 5.66. The van der Waals surface area contributed by atoms with Crippen LogP contribution in [-0.4, -0.2) is 30.0 Å². The minimum atomic E-state index is 0.0655. The maximum atomic E-state index is 12.9. The van der Waals surface area contributed by atoms with Crippen molar-refractivity contribution in [1.29, 1.82) is 0 Å². The average Bonchev–Trinajstić information content (AvgIpc) is 3.22. The molecule has 1 N–H and O–H groups in total. The Hall–Kier alpha value is -3.14. The lowest BCUT2D eigenvalue weighted by Crippen LogP contribution is -2.37. The first-order chi connectivity index (χ1) is 13.8. The lowest BCUT2D eigenvalue weighted by atomic mass is 9.88. The van der Waals surface area contributed by atoms with Gasteiger partial charge in [-0.25, -0.2) is 4.98 Å². The van der Waals surface area contributed by atoms with Crippen LogP contribution in [0.1, 0.15) is 29.9 Å². The van der Waals surface area contributed by atoms with Crippen molar-refractivity contribution in [2.75, 3.05) is 18.0 Å². The van der Waals surface area contributed by atoms with Crippen LogP contribution in [0.2, 0.25) is 0 Å². The molecule has 0 spiro atoms. The number of pyridine rings is 1. The highest BCUT2D eigenvalue weighted by molar-refractivity contribution is 5.78. The molecule has 4 heteroatoms. The van der Waals surface area contributed by atoms with Crippen LogP contribution in [0.4, 0.5) is 5.82 Å². The van der Waals surface area contributed by atoms with Crippen molar-refractivity contribution >= 4 is 11.7 Å². The monoisotopic (exact) mass is 371 g/mol. The molecule has 1 aliphatic heterocycles. The van der Waals surface area contributed by atoms with Crippen LogP contribution in [0.15, 0.2) is 85.1 Å². The molecular weight excluding hydrogens is 346 g/mol. The number of carbonyl (C=O) groups excluding carboxylic acids is 1. The van der Waals surface area contributed by atoms with Gasteiger partial charge in [0.05, 0.1) is 0 Å². The Bertz CT molecular complexity index is 844. The Morgan fingerprint density at radius 1 is 0.964 bits per heavy atom. The number of anilines is 1. The van der Waals surface area contributed by atoms with E-state index in [2.05, 4.69) is 39.5 Å². The van der Waals surface area contributed by atoms with Gasteiger partial charge >= 0.3 is 0 Å². The quantitative estimate of drug-likeness (QED) is 0.712. The van der Waals surface area contributed by atoms with Gasteiger partial charge in [-0.1, -0.05) is 66.7 Å². The lowest BCUT2D eigenvalue weighted by Gasteiger charge is -2.20. The van der Waals surface area contributed by atoms with E-state index in [4.69, 9.17) is 0 Å². The molecule has 1 amide bonds. The molecule has 0 bridgehead atoms. The molecule has 3 aromatic rings. The van der Waals surface area contributed by atoms with E-state index in [0.717, 1.165) is 25.3 Å². The van der Waals surface area contributed by atoms with Crippen molar-refractivity contribution in [1.82, 2.24) is 10.3 Å². The summed E-state index contributed by atoms with van der Waals surface area (Å²) < 4.78 is 0. The highest BCUT2D eigenvalue weighted by Crippen LogP contribution is 2.28. The van der Waals surface area contributed by atoms with Crippen molar-refractivity contribution < 1.29 is 4.79 Å². The van der Waals surface area contributed by atoms with E-state index in [-0.39, 0.29) is 17.9 Å². The number of rotatable bonds is 6. The van der Waals surface area contributed by atoms with Gasteiger partial charge in [-0.2, -0.15) is 0 Å². The molecule has 4 nitrogen and oxygen atoms in total. The molecule has 2 heterocycles. The Balaban J connectivity index is 1.41. The molecule has 28 heavy (non-hydrogen) atoms. The third kappa shape index (κ3) is 4.39. The number of benzene rings is 2. The Morgan fingerprint density at radius 2 is 1.61 bits per heavy atom. The second-order valence-corrected chi connectivity index (χ2v) is 7.27. The number of hydrogen-bond acceptors (Lipinski definition) is 3. The first kappa shape index (κ1) is 18.2. The van der Waals surface area contributed by atoms with E-state index in [1.54, 1.807) is 0 Å². The lowest BCUT2D eigenvalue weighted by molar-refractivity contribution is -0.121. The van der Waals surface area contributed by atoms with Crippen LogP contribution in [-0.2, 0) is 4.79 Å². The van der Waals surface area contributed by atoms with Crippen LogP contribution in [0.25, 0.3) is 0 Å². The summed E-state index contributed by atoms with van der Waals surface area (Å²) in [5.41, 5.74) is 2.34. The zero-order valence-electron chi connectivity index (χ0n) is 15.9. The number of nitrogens with one attached hydrogen (secondary N) is 1. The minimum absolute atomic E-state index is 0.0655. The van der Waals surface area contributed by atoms with Gasteiger partial charge in [-0.3, -0.25) is 4.79 Å². The van der Waals surface area contributed by atoms with E-state index < -0.39 is 0 Å². The summed E-state index contributed by atoms with van der Waals surface area (Å²) >= 11 is 0. The normalized spacial score (nSPS) is 16.3. The fourth-order valence-electron chi connectivity index (χ4n) is 3.90. The summed E-state index contributed by atoms with van der Waals surface area (Å²) in [6.45, 7) is 1.73. The molecule has 1 aliphatic rings.